The van der Waals surface area contributed by atoms with Crippen LogP contribution >= 0.6 is 0 Å². The Morgan fingerprint density at radius 2 is 1.79 bits per heavy atom. The molecule has 1 aliphatic rings. The van der Waals surface area contributed by atoms with Crippen LogP contribution in [0.4, 0.5) is 0 Å². The molecule has 0 saturated carbocycles. The van der Waals surface area contributed by atoms with E-state index in [1.165, 1.54) is 16.7 Å². The first-order valence-electron chi connectivity index (χ1n) is 8.95. The molecule has 3 nitrogen and oxygen atoms in total. The maximum atomic E-state index is 12.2. The molecular formula is C21H26N2O. The number of rotatable bonds is 7. The molecule has 0 aromatic heterocycles. The first-order chi connectivity index (χ1) is 11.8. The van der Waals surface area contributed by atoms with Gasteiger partial charge in [0.05, 0.1) is 6.04 Å². The highest BCUT2D eigenvalue weighted by atomic mass is 16.1. The van der Waals surface area contributed by atoms with E-state index in [9.17, 15) is 4.79 Å². The van der Waals surface area contributed by atoms with E-state index in [2.05, 4.69) is 59.2 Å². The Bertz CT molecular complexity index is 654. The standard InChI is InChI=1S/C21H26N2O/c24-21(14-16-22-15-13-17-7-2-1-3-8-17)23-20-12-6-10-18-9-4-5-11-19(18)20/h1-5,7-9,11,20,22H,6,10,12-16H2,(H,23,24). The third kappa shape index (κ3) is 4.68. The fourth-order valence-corrected chi connectivity index (χ4v) is 3.37. The van der Waals surface area contributed by atoms with Gasteiger partial charge in [-0.1, -0.05) is 54.6 Å². The molecule has 24 heavy (non-hydrogen) atoms. The first-order valence-corrected chi connectivity index (χ1v) is 8.95. The predicted molar refractivity (Wildman–Crippen MR) is 97.9 cm³/mol. The molecule has 1 atom stereocenters. The number of amides is 1. The summed E-state index contributed by atoms with van der Waals surface area (Å²) in [6.07, 6.45) is 4.86. The summed E-state index contributed by atoms with van der Waals surface area (Å²) in [5, 5.41) is 6.57. The molecule has 3 heteroatoms. The Labute approximate surface area is 144 Å². The van der Waals surface area contributed by atoms with Gasteiger partial charge in [-0.05, 0) is 48.9 Å². The first kappa shape index (κ1) is 16.7. The molecule has 2 N–H and O–H groups in total. The second kappa shape index (κ2) is 8.65. The van der Waals surface area contributed by atoms with Crippen molar-refractivity contribution in [3.8, 4) is 0 Å². The van der Waals surface area contributed by atoms with Crippen LogP contribution in [0.1, 0.15) is 42.0 Å². The summed E-state index contributed by atoms with van der Waals surface area (Å²) in [5.41, 5.74) is 4.01. The van der Waals surface area contributed by atoms with E-state index in [4.69, 9.17) is 0 Å². The predicted octanol–water partition coefficient (Wildman–Crippen LogP) is 3.40. The van der Waals surface area contributed by atoms with Gasteiger partial charge >= 0.3 is 0 Å². The van der Waals surface area contributed by atoms with Crippen molar-refractivity contribution in [1.82, 2.24) is 10.6 Å². The summed E-state index contributed by atoms with van der Waals surface area (Å²) in [4.78, 5) is 12.2. The summed E-state index contributed by atoms with van der Waals surface area (Å²) in [6, 6.07) is 19.1. The number of benzene rings is 2. The largest absolute Gasteiger partial charge is 0.349 e. The second-order valence-corrected chi connectivity index (χ2v) is 6.45. The molecule has 0 bridgehead atoms. The molecule has 0 fully saturated rings. The maximum Gasteiger partial charge on any atom is 0.221 e. The Morgan fingerprint density at radius 3 is 2.67 bits per heavy atom. The number of carbonyl (C=O) groups is 1. The van der Waals surface area contributed by atoms with E-state index < -0.39 is 0 Å². The Morgan fingerprint density at radius 1 is 1.00 bits per heavy atom. The third-order valence-corrected chi connectivity index (χ3v) is 4.67. The van der Waals surface area contributed by atoms with E-state index >= 15 is 0 Å². The van der Waals surface area contributed by atoms with Crippen molar-refractivity contribution in [1.29, 1.82) is 0 Å². The van der Waals surface area contributed by atoms with Crippen LogP contribution in [-0.4, -0.2) is 19.0 Å². The molecule has 1 aliphatic carbocycles. The minimum Gasteiger partial charge on any atom is -0.349 e. The lowest BCUT2D eigenvalue weighted by Gasteiger charge is -2.26. The van der Waals surface area contributed by atoms with Gasteiger partial charge in [0.1, 0.15) is 0 Å². The average molecular weight is 322 g/mol. The van der Waals surface area contributed by atoms with E-state index in [1.54, 1.807) is 0 Å². The van der Waals surface area contributed by atoms with Gasteiger partial charge in [-0.25, -0.2) is 0 Å². The normalized spacial score (nSPS) is 16.4. The van der Waals surface area contributed by atoms with Crippen LogP contribution in [0, 0.1) is 0 Å². The SMILES string of the molecule is O=C(CCNCCc1ccccc1)NC1CCCc2ccccc21. The number of nitrogens with one attached hydrogen (secondary N) is 2. The van der Waals surface area contributed by atoms with Gasteiger partial charge in [-0.15, -0.1) is 0 Å². The molecule has 0 radical (unpaired) electrons. The van der Waals surface area contributed by atoms with Crippen LogP contribution in [0.2, 0.25) is 0 Å². The Hall–Kier alpha value is -2.13. The van der Waals surface area contributed by atoms with Crippen molar-refractivity contribution >= 4 is 5.91 Å². The lowest BCUT2D eigenvalue weighted by atomic mass is 9.88. The molecule has 0 heterocycles. The van der Waals surface area contributed by atoms with Crippen LogP contribution in [0.5, 0.6) is 0 Å². The summed E-state index contributed by atoms with van der Waals surface area (Å²) in [7, 11) is 0. The van der Waals surface area contributed by atoms with E-state index in [-0.39, 0.29) is 11.9 Å². The topological polar surface area (TPSA) is 41.1 Å². The molecule has 3 rings (SSSR count). The van der Waals surface area contributed by atoms with Gasteiger partial charge in [-0.3, -0.25) is 4.79 Å². The molecule has 0 aliphatic heterocycles. The molecule has 2 aromatic carbocycles. The van der Waals surface area contributed by atoms with Gasteiger partial charge in [-0.2, -0.15) is 0 Å². The molecular weight excluding hydrogens is 296 g/mol. The summed E-state index contributed by atoms with van der Waals surface area (Å²) in [6.45, 7) is 1.64. The van der Waals surface area contributed by atoms with Crippen molar-refractivity contribution in [2.75, 3.05) is 13.1 Å². The van der Waals surface area contributed by atoms with E-state index in [0.29, 0.717) is 6.42 Å². The molecule has 2 aromatic rings. The fraction of sp³-hybridized carbons (Fsp3) is 0.381. The van der Waals surface area contributed by atoms with Crippen LogP contribution < -0.4 is 10.6 Å². The van der Waals surface area contributed by atoms with Crippen molar-refractivity contribution in [2.24, 2.45) is 0 Å². The highest BCUT2D eigenvalue weighted by molar-refractivity contribution is 5.76. The van der Waals surface area contributed by atoms with Crippen molar-refractivity contribution in [3.05, 3.63) is 71.3 Å². The minimum absolute atomic E-state index is 0.143. The monoisotopic (exact) mass is 322 g/mol. The zero-order valence-corrected chi connectivity index (χ0v) is 14.1. The van der Waals surface area contributed by atoms with Gasteiger partial charge in [0.25, 0.3) is 0 Å². The minimum atomic E-state index is 0.143. The summed E-state index contributed by atoms with van der Waals surface area (Å²) in [5.74, 6) is 0.143. The quantitative estimate of drug-likeness (QED) is 0.767. The van der Waals surface area contributed by atoms with E-state index in [1.807, 2.05) is 6.07 Å². The van der Waals surface area contributed by atoms with Crippen molar-refractivity contribution in [2.45, 2.75) is 38.1 Å². The maximum absolute atomic E-state index is 12.2. The highest BCUT2D eigenvalue weighted by Crippen LogP contribution is 2.29. The average Bonchev–Trinajstić information content (AvgIpc) is 2.63. The van der Waals surface area contributed by atoms with Gasteiger partial charge in [0.15, 0.2) is 0 Å². The Balaban J connectivity index is 1.37. The number of hydrogen-bond donors (Lipinski definition) is 2. The number of aryl methyl sites for hydroxylation is 1. The molecule has 1 unspecified atom stereocenters. The van der Waals surface area contributed by atoms with Crippen LogP contribution in [0.25, 0.3) is 0 Å². The third-order valence-electron chi connectivity index (χ3n) is 4.67. The number of fused-ring (bicyclic) bond motifs is 1. The highest BCUT2D eigenvalue weighted by Gasteiger charge is 2.20. The molecule has 1 amide bonds. The van der Waals surface area contributed by atoms with E-state index in [0.717, 1.165) is 38.8 Å². The van der Waals surface area contributed by atoms with Crippen LogP contribution in [0.3, 0.4) is 0 Å². The van der Waals surface area contributed by atoms with Crippen molar-refractivity contribution < 1.29 is 4.79 Å². The smallest absolute Gasteiger partial charge is 0.221 e. The number of carbonyl (C=O) groups excluding carboxylic acids is 1. The zero-order valence-electron chi connectivity index (χ0n) is 14.1. The summed E-state index contributed by atoms with van der Waals surface area (Å²) >= 11 is 0. The van der Waals surface area contributed by atoms with Crippen molar-refractivity contribution in [3.63, 3.8) is 0 Å². The molecule has 0 spiro atoms. The van der Waals surface area contributed by atoms with Gasteiger partial charge < -0.3 is 10.6 Å². The number of hydrogen-bond acceptors (Lipinski definition) is 2. The summed E-state index contributed by atoms with van der Waals surface area (Å²) < 4.78 is 0. The zero-order chi connectivity index (χ0) is 16.6. The Kier molecular flexibility index (Phi) is 6.02. The van der Waals surface area contributed by atoms with Gasteiger partial charge in [0.2, 0.25) is 5.91 Å². The molecule has 0 saturated heterocycles. The lowest BCUT2D eigenvalue weighted by molar-refractivity contribution is -0.121. The second-order valence-electron chi connectivity index (χ2n) is 6.45. The molecule has 126 valence electrons. The lowest BCUT2D eigenvalue weighted by Crippen LogP contribution is -2.33. The van der Waals surface area contributed by atoms with Crippen LogP contribution in [-0.2, 0) is 17.6 Å². The van der Waals surface area contributed by atoms with Crippen LogP contribution in [0.15, 0.2) is 54.6 Å². The fourth-order valence-electron chi connectivity index (χ4n) is 3.37. The van der Waals surface area contributed by atoms with Gasteiger partial charge in [0, 0.05) is 13.0 Å².